The lowest BCUT2D eigenvalue weighted by Crippen LogP contribution is -2.33. The Morgan fingerprint density at radius 3 is 2.02 bits per heavy atom. The molecule has 3 aliphatic rings. The van der Waals surface area contributed by atoms with E-state index in [9.17, 15) is 0 Å². The molecule has 1 N–H and O–H groups in total. The fourth-order valence-corrected chi connectivity index (χ4v) is 7.64. The number of benzene rings is 6. The van der Waals surface area contributed by atoms with Gasteiger partial charge in [-0.05, 0) is 99.8 Å². The summed E-state index contributed by atoms with van der Waals surface area (Å²) in [6.07, 6.45) is 6.82. The average molecular weight is 578 g/mol. The minimum absolute atomic E-state index is 0.486. The molecule has 0 radical (unpaired) electrons. The molecule has 0 aromatic heterocycles. The lowest BCUT2D eigenvalue weighted by Gasteiger charge is -2.40. The molecule has 1 aliphatic heterocycles. The van der Waals surface area contributed by atoms with E-state index in [1.54, 1.807) is 0 Å². The van der Waals surface area contributed by atoms with Gasteiger partial charge < -0.3 is 10.1 Å². The zero-order valence-corrected chi connectivity index (χ0v) is 24.8. The van der Waals surface area contributed by atoms with Crippen LogP contribution in [-0.4, -0.2) is 0 Å². The van der Waals surface area contributed by atoms with E-state index in [-0.39, 0.29) is 0 Å². The summed E-state index contributed by atoms with van der Waals surface area (Å²) in [7, 11) is 0. The minimum atomic E-state index is -0.486. The monoisotopic (exact) mass is 577 g/mol. The van der Waals surface area contributed by atoms with E-state index in [1.807, 2.05) is 0 Å². The quantitative estimate of drug-likeness (QED) is 0.225. The molecule has 0 fully saturated rings. The van der Waals surface area contributed by atoms with Gasteiger partial charge in [-0.1, -0.05) is 115 Å². The molecule has 1 heterocycles. The van der Waals surface area contributed by atoms with Crippen LogP contribution in [0.15, 0.2) is 163 Å². The molecule has 6 aromatic carbocycles. The zero-order chi connectivity index (χ0) is 29.8. The fraction of sp³-hybridized carbons (Fsp3) is 0.0698. The Hall–Kier alpha value is -5.60. The van der Waals surface area contributed by atoms with Crippen molar-refractivity contribution in [3.8, 4) is 33.8 Å². The molecule has 214 valence electrons. The van der Waals surface area contributed by atoms with Crippen LogP contribution in [-0.2, 0) is 5.41 Å². The summed E-state index contributed by atoms with van der Waals surface area (Å²) >= 11 is 0. The predicted molar refractivity (Wildman–Crippen MR) is 185 cm³/mol. The smallest absolute Gasteiger partial charge is 0.132 e. The van der Waals surface area contributed by atoms with E-state index in [2.05, 4.69) is 163 Å². The van der Waals surface area contributed by atoms with Crippen LogP contribution in [0.4, 0.5) is 11.4 Å². The van der Waals surface area contributed by atoms with Crippen molar-refractivity contribution < 1.29 is 4.74 Å². The summed E-state index contributed by atoms with van der Waals surface area (Å²) in [5.41, 5.74) is 14.3. The van der Waals surface area contributed by atoms with Crippen LogP contribution in [0.1, 0.15) is 35.1 Å². The van der Waals surface area contributed by atoms with Crippen LogP contribution in [0, 0.1) is 0 Å². The van der Waals surface area contributed by atoms with Crippen molar-refractivity contribution in [2.45, 2.75) is 18.3 Å². The van der Waals surface area contributed by atoms with Gasteiger partial charge in [-0.3, -0.25) is 0 Å². The Balaban J connectivity index is 1.25. The summed E-state index contributed by atoms with van der Waals surface area (Å²) < 4.78 is 6.68. The van der Waals surface area contributed by atoms with Gasteiger partial charge in [0.2, 0.25) is 0 Å². The molecule has 2 heteroatoms. The maximum Gasteiger partial charge on any atom is 0.132 e. The third-order valence-electron chi connectivity index (χ3n) is 9.58. The van der Waals surface area contributed by atoms with Crippen LogP contribution in [0.3, 0.4) is 0 Å². The topological polar surface area (TPSA) is 21.3 Å². The summed E-state index contributed by atoms with van der Waals surface area (Å²) in [5.74, 6) is 1.83. The van der Waals surface area contributed by atoms with Crippen molar-refractivity contribution in [2.75, 3.05) is 5.32 Å². The van der Waals surface area contributed by atoms with E-state index in [0.29, 0.717) is 0 Å². The molecule has 1 unspecified atom stereocenters. The van der Waals surface area contributed by atoms with Gasteiger partial charge in [0.05, 0.1) is 5.41 Å². The number of hydrogen-bond donors (Lipinski definition) is 1. The molecule has 2 nitrogen and oxygen atoms in total. The first kappa shape index (κ1) is 25.9. The number of allylic oxidation sites excluding steroid dienone is 4. The van der Waals surface area contributed by atoms with Crippen LogP contribution < -0.4 is 10.1 Å². The number of ether oxygens (including phenoxy) is 1. The Morgan fingerprint density at radius 2 is 1.20 bits per heavy atom. The van der Waals surface area contributed by atoms with Gasteiger partial charge in [0.1, 0.15) is 11.5 Å². The second-order valence-electron chi connectivity index (χ2n) is 12.1. The van der Waals surface area contributed by atoms with Gasteiger partial charge in [0.15, 0.2) is 0 Å². The van der Waals surface area contributed by atoms with Crippen LogP contribution >= 0.6 is 0 Å². The highest BCUT2D eigenvalue weighted by atomic mass is 16.5. The van der Waals surface area contributed by atoms with E-state index >= 15 is 0 Å². The third-order valence-corrected chi connectivity index (χ3v) is 9.58. The zero-order valence-electron chi connectivity index (χ0n) is 24.8. The highest BCUT2D eigenvalue weighted by Gasteiger charge is 2.52. The first-order valence-corrected chi connectivity index (χ1v) is 15.7. The molecule has 0 saturated heterocycles. The van der Waals surface area contributed by atoms with Gasteiger partial charge in [-0.15, -0.1) is 0 Å². The number of anilines is 2. The normalized spacial score (nSPS) is 17.2. The van der Waals surface area contributed by atoms with Crippen molar-refractivity contribution in [1.82, 2.24) is 0 Å². The molecule has 1 spiro atoms. The maximum atomic E-state index is 6.68. The molecule has 6 aromatic rings. The van der Waals surface area contributed by atoms with E-state index in [4.69, 9.17) is 4.74 Å². The van der Waals surface area contributed by atoms with Crippen molar-refractivity contribution in [3.05, 3.63) is 186 Å². The second-order valence-corrected chi connectivity index (χ2v) is 12.1. The van der Waals surface area contributed by atoms with Gasteiger partial charge in [-0.2, -0.15) is 0 Å². The third kappa shape index (κ3) is 4.03. The van der Waals surface area contributed by atoms with E-state index < -0.39 is 5.41 Å². The van der Waals surface area contributed by atoms with Crippen molar-refractivity contribution >= 4 is 16.9 Å². The number of nitrogens with one attached hydrogen (secondary N) is 1. The summed E-state index contributed by atoms with van der Waals surface area (Å²) in [6.45, 7) is 0. The first-order valence-electron chi connectivity index (χ1n) is 15.7. The Bertz CT molecular complexity index is 2160. The molecule has 2 aliphatic carbocycles. The Labute approximate surface area is 264 Å². The summed E-state index contributed by atoms with van der Waals surface area (Å²) in [6, 6.07) is 52.2. The maximum absolute atomic E-state index is 6.68. The lowest BCUT2D eigenvalue weighted by molar-refractivity contribution is 0.436. The summed E-state index contributed by atoms with van der Waals surface area (Å²) in [4.78, 5) is 0. The Kier molecular flexibility index (Phi) is 5.89. The van der Waals surface area contributed by atoms with Crippen LogP contribution in [0.5, 0.6) is 11.5 Å². The molecule has 0 saturated carbocycles. The molecular weight excluding hydrogens is 546 g/mol. The summed E-state index contributed by atoms with van der Waals surface area (Å²) in [5, 5.41) is 3.74. The molecular formula is C43H31NO. The Morgan fingerprint density at radius 1 is 0.511 bits per heavy atom. The molecule has 0 bridgehead atoms. The van der Waals surface area contributed by atoms with Gasteiger partial charge in [-0.25, -0.2) is 0 Å². The average Bonchev–Trinajstić information content (AvgIpc) is 3.40. The number of hydrogen-bond acceptors (Lipinski definition) is 2. The molecule has 1 atom stereocenters. The molecule has 9 rings (SSSR count). The largest absolute Gasteiger partial charge is 0.457 e. The minimum Gasteiger partial charge on any atom is -0.457 e. The SMILES string of the molecule is C1=CC2=C(CC1)c1ccc(-c3ccccc3)cc1C21c2ccccc2Oc2ccc(Nc3cccc(-c4ccccc4)c3)cc21. The van der Waals surface area contributed by atoms with Crippen molar-refractivity contribution in [1.29, 1.82) is 0 Å². The predicted octanol–water partition coefficient (Wildman–Crippen LogP) is 11.3. The standard InChI is InChI=1S/C43H31NO/c1-3-12-29(13-4-1)31-16-11-17-33(26-31)44-34-23-25-42-40(28-34)43(38-20-9-10-21-41(38)45-42)37-19-8-7-18-35(37)36-24-22-32(27-39(36)43)30-14-5-2-6-15-30/h1-6,8-17,19-28,44H,7,18H2. The fourth-order valence-electron chi connectivity index (χ4n) is 7.64. The lowest BCUT2D eigenvalue weighted by atomic mass is 9.64. The highest BCUT2D eigenvalue weighted by Crippen LogP contribution is 2.63. The number of fused-ring (bicyclic) bond motifs is 8. The van der Waals surface area contributed by atoms with Crippen LogP contribution in [0.2, 0.25) is 0 Å². The highest BCUT2D eigenvalue weighted by molar-refractivity contribution is 5.92. The van der Waals surface area contributed by atoms with Crippen LogP contribution in [0.25, 0.3) is 27.8 Å². The van der Waals surface area contributed by atoms with E-state index in [1.165, 1.54) is 55.7 Å². The van der Waals surface area contributed by atoms with Gasteiger partial charge in [0.25, 0.3) is 0 Å². The number of rotatable bonds is 4. The van der Waals surface area contributed by atoms with Gasteiger partial charge in [0, 0.05) is 22.5 Å². The number of para-hydroxylation sites is 1. The van der Waals surface area contributed by atoms with Crippen molar-refractivity contribution in [2.24, 2.45) is 0 Å². The molecule has 0 amide bonds. The van der Waals surface area contributed by atoms with Gasteiger partial charge >= 0.3 is 0 Å². The van der Waals surface area contributed by atoms with Crippen molar-refractivity contribution in [3.63, 3.8) is 0 Å². The first-order chi connectivity index (χ1) is 22.3. The molecule has 45 heavy (non-hydrogen) atoms. The van der Waals surface area contributed by atoms with E-state index in [0.717, 1.165) is 35.7 Å². The second kappa shape index (κ2) is 10.2.